The largest absolute Gasteiger partial charge is 0.361 e. The van der Waals surface area contributed by atoms with Crippen LogP contribution in [0.1, 0.15) is 49.7 Å². The molecule has 3 aliphatic rings. The molecule has 0 aromatic heterocycles. The molecule has 0 bridgehead atoms. The van der Waals surface area contributed by atoms with Gasteiger partial charge in [-0.1, -0.05) is 37.1 Å². The summed E-state index contributed by atoms with van der Waals surface area (Å²) in [6.07, 6.45) is 8.80. The van der Waals surface area contributed by atoms with Gasteiger partial charge in [0.25, 0.3) is 0 Å². The predicted molar refractivity (Wildman–Crippen MR) is 76.2 cm³/mol. The second kappa shape index (κ2) is 4.32. The van der Waals surface area contributed by atoms with E-state index in [-0.39, 0.29) is 11.2 Å². The van der Waals surface area contributed by atoms with E-state index in [1.807, 2.05) is 0 Å². The number of nitrogens with one attached hydrogen (secondary N) is 1. The third-order valence-electron chi connectivity index (χ3n) is 5.32. The second-order valence-corrected chi connectivity index (χ2v) is 6.60. The molecule has 1 aliphatic heterocycles. The Labute approximate surface area is 115 Å². The number of rotatable bonds is 0. The lowest BCUT2D eigenvalue weighted by Crippen LogP contribution is -2.58. The average molecular weight is 257 g/mol. The van der Waals surface area contributed by atoms with Gasteiger partial charge in [0, 0.05) is 13.1 Å². The Morgan fingerprint density at radius 2 is 1.79 bits per heavy atom. The molecule has 19 heavy (non-hydrogen) atoms. The zero-order chi connectivity index (χ0) is 12.8. The van der Waals surface area contributed by atoms with E-state index in [0.29, 0.717) is 0 Å². The zero-order valence-corrected chi connectivity index (χ0v) is 11.6. The highest BCUT2D eigenvalue weighted by atomic mass is 16.5. The summed E-state index contributed by atoms with van der Waals surface area (Å²) in [7, 11) is 0. The molecule has 2 spiro atoms. The molecule has 1 saturated carbocycles. The van der Waals surface area contributed by atoms with Crippen LogP contribution in [0.3, 0.4) is 0 Å². The molecule has 2 heteroatoms. The van der Waals surface area contributed by atoms with E-state index >= 15 is 0 Å². The van der Waals surface area contributed by atoms with Gasteiger partial charge in [-0.3, -0.25) is 0 Å². The van der Waals surface area contributed by atoms with Gasteiger partial charge in [-0.25, -0.2) is 0 Å². The highest BCUT2D eigenvalue weighted by molar-refractivity contribution is 5.36. The highest BCUT2D eigenvalue weighted by Gasteiger charge is 2.49. The zero-order valence-electron chi connectivity index (χ0n) is 11.6. The quantitative estimate of drug-likeness (QED) is 0.771. The molecular formula is C17H23NO. The van der Waals surface area contributed by atoms with Crippen molar-refractivity contribution in [3.63, 3.8) is 0 Å². The fraction of sp³-hybridized carbons (Fsp3) is 0.647. The third kappa shape index (κ3) is 1.85. The molecule has 2 nitrogen and oxygen atoms in total. The first-order chi connectivity index (χ1) is 9.32. The summed E-state index contributed by atoms with van der Waals surface area (Å²) in [4.78, 5) is 0. The van der Waals surface area contributed by atoms with Crippen LogP contribution in [0, 0.1) is 0 Å². The Hall–Kier alpha value is -0.860. The van der Waals surface area contributed by atoms with Gasteiger partial charge in [0.2, 0.25) is 0 Å². The minimum atomic E-state index is -0.0442. The molecule has 2 fully saturated rings. The molecule has 1 aromatic rings. The van der Waals surface area contributed by atoms with E-state index in [9.17, 15) is 0 Å². The summed E-state index contributed by atoms with van der Waals surface area (Å²) >= 11 is 0. The molecule has 1 N–H and O–H groups in total. The standard InChI is InChI=1S/C17H23NO/c1-2-8-15-14(6-1)7-5-11-17(15)13-18-12-16(19-17)9-3-4-10-16/h1-2,6,8,18H,3-5,7,9-13H2. The molecule has 0 radical (unpaired) electrons. The summed E-state index contributed by atoms with van der Waals surface area (Å²) in [5.41, 5.74) is 3.05. The maximum atomic E-state index is 6.83. The topological polar surface area (TPSA) is 21.3 Å². The van der Waals surface area contributed by atoms with Crippen molar-refractivity contribution in [2.75, 3.05) is 13.1 Å². The molecule has 1 atom stereocenters. The average Bonchev–Trinajstić information content (AvgIpc) is 2.87. The molecule has 1 unspecified atom stereocenters. The molecule has 4 rings (SSSR count). The summed E-state index contributed by atoms with van der Waals surface area (Å²) in [6, 6.07) is 8.92. The maximum absolute atomic E-state index is 6.83. The van der Waals surface area contributed by atoms with Crippen LogP contribution >= 0.6 is 0 Å². The van der Waals surface area contributed by atoms with Gasteiger partial charge in [-0.05, 0) is 43.2 Å². The van der Waals surface area contributed by atoms with Crippen molar-refractivity contribution in [2.45, 2.75) is 56.1 Å². The number of benzene rings is 1. The van der Waals surface area contributed by atoms with Crippen molar-refractivity contribution in [3.8, 4) is 0 Å². The number of fused-ring (bicyclic) bond motifs is 2. The fourth-order valence-electron chi connectivity index (χ4n) is 4.45. The fourth-order valence-corrected chi connectivity index (χ4v) is 4.45. The summed E-state index contributed by atoms with van der Waals surface area (Å²) in [5.74, 6) is 0. The lowest BCUT2D eigenvalue weighted by atomic mass is 9.77. The van der Waals surface area contributed by atoms with Crippen LogP contribution in [-0.4, -0.2) is 18.7 Å². The van der Waals surface area contributed by atoms with Crippen molar-refractivity contribution < 1.29 is 4.74 Å². The SMILES string of the molecule is c1ccc2c(c1)CCCC21CNCC2(CCCC2)O1. The van der Waals surface area contributed by atoms with E-state index in [1.54, 1.807) is 0 Å². The van der Waals surface area contributed by atoms with Crippen molar-refractivity contribution in [1.29, 1.82) is 0 Å². The Bertz CT molecular complexity index is 478. The lowest BCUT2D eigenvalue weighted by Gasteiger charge is -2.50. The molecular weight excluding hydrogens is 234 g/mol. The molecule has 1 heterocycles. The lowest BCUT2D eigenvalue weighted by molar-refractivity contribution is -0.187. The smallest absolute Gasteiger partial charge is 0.107 e. The first-order valence-electron chi connectivity index (χ1n) is 7.81. The first kappa shape index (κ1) is 11.9. The van der Waals surface area contributed by atoms with Crippen LogP contribution in [0.4, 0.5) is 0 Å². The minimum absolute atomic E-state index is 0.0442. The second-order valence-electron chi connectivity index (χ2n) is 6.60. The number of morpholine rings is 1. The Balaban J connectivity index is 1.74. The third-order valence-corrected chi connectivity index (χ3v) is 5.32. The van der Waals surface area contributed by atoms with E-state index < -0.39 is 0 Å². The van der Waals surface area contributed by atoms with Crippen molar-refractivity contribution in [3.05, 3.63) is 35.4 Å². The Morgan fingerprint density at radius 1 is 0.947 bits per heavy atom. The Morgan fingerprint density at radius 3 is 2.68 bits per heavy atom. The van der Waals surface area contributed by atoms with Crippen LogP contribution in [0.5, 0.6) is 0 Å². The highest BCUT2D eigenvalue weighted by Crippen LogP contribution is 2.47. The minimum Gasteiger partial charge on any atom is -0.361 e. The van der Waals surface area contributed by atoms with Crippen LogP contribution in [-0.2, 0) is 16.8 Å². The van der Waals surface area contributed by atoms with Crippen LogP contribution in [0.15, 0.2) is 24.3 Å². The molecule has 1 saturated heterocycles. The predicted octanol–water partition coefficient (Wildman–Crippen LogP) is 3.15. The van der Waals surface area contributed by atoms with Crippen LogP contribution in [0.25, 0.3) is 0 Å². The summed E-state index contributed by atoms with van der Waals surface area (Å²) in [6.45, 7) is 2.04. The van der Waals surface area contributed by atoms with E-state index in [1.165, 1.54) is 56.1 Å². The number of hydrogen-bond acceptors (Lipinski definition) is 2. The van der Waals surface area contributed by atoms with Gasteiger partial charge in [-0.15, -0.1) is 0 Å². The van der Waals surface area contributed by atoms with Crippen molar-refractivity contribution in [1.82, 2.24) is 5.32 Å². The van der Waals surface area contributed by atoms with Gasteiger partial charge < -0.3 is 10.1 Å². The number of aryl methyl sites for hydroxylation is 1. The van der Waals surface area contributed by atoms with E-state index in [2.05, 4.69) is 29.6 Å². The van der Waals surface area contributed by atoms with Gasteiger partial charge in [0.1, 0.15) is 5.60 Å². The molecule has 102 valence electrons. The monoisotopic (exact) mass is 257 g/mol. The van der Waals surface area contributed by atoms with E-state index in [0.717, 1.165) is 13.1 Å². The Kier molecular flexibility index (Phi) is 2.71. The van der Waals surface area contributed by atoms with Crippen LogP contribution < -0.4 is 5.32 Å². The van der Waals surface area contributed by atoms with Gasteiger partial charge in [-0.2, -0.15) is 0 Å². The van der Waals surface area contributed by atoms with Crippen LogP contribution in [0.2, 0.25) is 0 Å². The first-order valence-corrected chi connectivity index (χ1v) is 7.81. The number of ether oxygens (including phenoxy) is 1. The number of hydrogen-bond donors (Lipinski definition) is 1. The van der Waals surface area contributed by atoms with Gasteiger partial charge in [0.05, 0.1) is 5.60 Å². The molecule has 1 aromatic carbocycles. The molecule has 2 aliphatic carbocycles. The van der Waals surface area contributed by atoms with Gasteiger partial charge >= 0.3 is 0 Å². The maximum Gasteiger partial charge on any atom is 0.107 e. The molecule has 0 amide bonds. The normalized spacial score (nSPS) is 32.6. The summed E-state index contributed by atoms with van der Waals surface area (Å²) < 4.78 is 6.83. The van der Waals surface area contributed by atoms with Gasteiger partial charge in [0.15, 0.2) is 0 Å². The van der Waals surface area contributed by atoms with Crippen molar-refractivity contribution >= 4 is 0 Å². The van der Waals surface area contributed by atoms with E-state index in [4.69, 9.17) is 4.74 Å². The summed E-state index contributed by atoms with van der Waals surface area (Å²) in [5, 5.41) is 3.69. The van der Waals surface area contributed by atoms with Crippen molar-refractivity contribution in [2.24, 2.45) is 0 Å².